The first-order valence-electron chi connectivity index (χ1n) is 7.74. The normalized spacial score (nSPS) is 12.4. The summed E-state index contributed by atoms with van der Waals surface area (Å²) in [7, 11) is 0. The van der Waals surface area contributed by atoms with Crippen molar-refractivity contribution < 1.29 is 14.3 Å². The van der Waals surface area contributed by atoms with Gasteiger partial charge < -0.3 is 10.1 Å². The molecule has 2 aromatic rings. The van der Waals surface area contributed by atoms with Gasteiger partial charge in [0.1, 0.15) is 0 Å². The Morgan fingerprint density at radius 2 is 1.72 bits per heavy atom. The zero-order valence-corrected chi connectivity index (χ0v) is 15.7. The lowest BCUT2D eigenvalue weighted by Gasteiger charge is -2.25. The van der Waals surface area contributed by atoms with E-state index >= 15 is 0 Å². The molecular weight excluding hydrogens is 361 g/mol. The van der Waals surface area contributed by atoms with Gasteiger partial charge in [-0.1, -0.05) is 53.5 Å². The molecule has 4 nitrogen and oxygen atoms in total. The number of benzene rings is 2. The number of hydrogen-bond acceptors (Lipinski definition) is 3. The third-order valence-electron chi connectivity index (χ3n) is 3.85. The molecule has 2 rings (SSSR count). The summed E-state index contributed by atoms with van der Waals surface area (Å²) in [5.41, 5.74) is 0.350. The predicted molar refractivity (Wildman–Crippen MR) is 100 cm³/mol. The molecule has 0 aromatic heterocycles. The number of ether oxygens (including phenoxy) is 1. The SMILES string of the molecule is C[C@H](OC(=O)C(C)(C)c1ccccc1)C(=O)Nc1ccc(Cl)cc1Cl. The maximum Gasteiger partial charge on any atom is 0.316 e. The molecule has 0 aliphatic carbocycles. The van der Waals surface area contributed by atoms with Crippen molar-refractivity contribution in [3.63, 3.8) is 0 Å². The summed E-state index contributed by atoms with van der Waals surface area (Å²) in [4.78, 5) is 24.8. The third kappa shape index (κ3) is 4.74. The molecule has 0 spiro atoms. The average Bonchev–Trinajstić information content (AvgIpc) is 2.57. The first-order valence-corrected chi connectivity index (χ1v) is 8.50. The highest BCUT2D eigenvalue weighted by atomic mass is 35.5. The van der Waals surface area contributed by atoms with Crippen LogP contribution in [0.5, 0.6) is 0 Å². The number of anilines is 1. The largest absolute Gasteiger partial charge is 0.452 e. The monoisotopic (exact) mass is 379 g/mol. The fourth-order valence-electron chi connectivity index (χ4n) is 2.16. The highest BCUT2D eigenvalue weighted by Gasteiger charge is 2.33. The molecule has 6 heteroatoms. The number of halogens is 2. The summed E-state index contributed by atoms with van der Waals surface area (Å²) in [6.45, 7) is 5.02. The minimum atomic E-state index is -0.970. The summed E-state index contributed by atoms with van der Waals surface area (Å²) in [5, 5.41) is 3.40. The minimum Gasteiger partial charge on any atom is -0.452 e. The van der Waals surface area contributed by atoms with Gasteiger partial charge in [-0.15, -0.1) is 0 Å². The topological polar surface area (TPSA) is 55.4 Å². The van der Waals surface area contributed by atoms with E-state index in [0.29, 0.717) is 15.7 Å². The zero-order chi connectivity index (χ0) is 18.6. The summed E-state index contributed by atoms with van der Waals surface area (Å²) in [5.74, 6) is -0.954. The molecule has 0 bridgehead atoms. The van der Waals surface area contributed by atoms with E-state index in [1.54, 1.807) is 26.0 Å². The Bertz CT molecular complexity index is 775. The fraction of sp³-hybridized carbons (Fsp3) is 0.263. The number of carbonyl (C=O) groups is 2. The molecule has 0 aliphatic rings. The van der Waals surface area contributed by atoms with Gasteiger partial charge in [-0.3, -0.25) is 9.59 Å². The third-order valence-corrected chi connectivity index (χ3v) is 4.40. The predicted octanol–water partition coefficient (Wildman–Crippen LogP) is 4.84. The molecule has 132 valence electrons. The van der Waals surface area contributed by atoms with Crippen molar-refractivity contribution in [1.82, 2.24) is 0 Å². The van der Waals surface area contributed by atoms with Crippen molar-refractivity contribution in [2.24, 2.45) is 0 Å². The molecule has 2 aromatic carbocycles. The lowest BCUT2D eigenvalue weighted by atomic mass is 9.85. The van der Waals surface area contributed by atoms with Gasteiger partial charge in [-0.2, -0.15) is 0 Å². The van der Waals surface area contributed by atoms with E-state index in [4.69, 9.17) is 27.9 Å². The quantitative estimate of drug-likeness (QED) is 0.755. The molecule has 1 amide bonds. The van der Waals surface area contributed by atoms with Crippen LogP contribution >= 0.6 is 23.2 Å². The van der Waals surface area contributed by atoms with Crippen molar-refractivity contribution in [3.8, 4) is 0 Å². The Labute approximate surface area is 157 Å². The number of hydrogen-bond donors (Lipinski definition) is 1. The van der Waals surface area contributed by atoms with Crippen LogP contribution in [-0.4, -0.2) is 18.0 Å². The van der Waals surface area contributed by atoms with Crippen molar-refractivity contribution in [2.45, 2.75) is 32.3 Å². The van der Waals surface area contributed by atoms with Crippen LogP contribution < -0.4 is 5.32 Å². The van der Waals surface area contributed by atoms with Crippen LogP contribution in [-0.2, 0) is 19.7 Å². The molecule has 0 heterocycles. The zero-order valence-electron chi connectivity index (χ0n) is 14.2. The fourth-order valence-corrected chi connectivity index (χ4v) is 2.62. The van der Waals surface area contributed by atoms with Crippen LogP contribution in [0.15, 0.2) is 48.5 Å². The first kappa shape index (κ1) is 19.3. The summed E-state index contributed by atoms with van der Waals surface area (Å²) in [6.07, 6.45) is -0.970. The Balaban J connectivity index is 2.04. The van der Waals surface area contributed by atoms with Crippen LogP contribution in [0.25, 0.3) is 0 Å². The molecule has 25 heavy (non-hydrogen) atoms. The smallest absolute Gasteiger partial charge is 0.316 e. The van der Waals surface area contributed by atoms with E-state index in [1.165, 1.54) is 13.0 Å². The van der Waals surface area contributed by atoms with Gasteiger partial charge in [0.05, 0.1) is 16.1 Å². The second kappa shape index (κ2) is 7.89. The molecule has 1 atom stereocenters. The van der Waals surface area contributed by atoms with Gasteiger partial charge in [0, 0.05) is 5.02 Å². The van der Waals surface area contributed by atoms with Crippen LogP contribution in [0, 0.1) is 0 Å². The lowest BCUT2D eigenvalue weighted by Crippen LogP contribution is -2.37. The van der Waals surface area contributed by atoms with Crippen molar-refractivity contribution >= 4 is 40.8 Å². The minimum absolute atomic E-state index is 0.309. The van der Waals surface area contributed by atoms with E-state index in [-0.39, 0.29) is 0 Å². The van der Waals surface area contributed by atoms with E-state index in [9.17, 15) is 9.59 Å². The van der Waals surface area contributed by atoms with Crippen LogP contribution in [0.4, 0.5) is 5.69 Å². The molecule has 0 unspecified atom stereocenters. The highest BCUT2D eigenvalue weighted by Crippen LogP contribution is 2.27. The second-order valence-corrected chi connectivity index (χ2v) is 7.00. The number of carbonyl (C=O) groups excluding carboxylic acids is 2. The molecule has 0 radical (unpaired) electrons. The van der Waals surface area contributed by atoms with Gasteiger partial charge in [-0.25, -0.2) is 0 Å². The standard InChI is InChI=1S/C19H19Cl2NO3/c1-12(17(23)22-16-10-9-14(20)11-15(16)21)25-18(24)19(2,3)13-7-5-4-6-8-13/h4-12H,1-3H3,(H,22,23)/t12-/m0/s1. The number of amides is 1. The Kier molecular flexibility index (Phi) is 6.09. The summed E-state index contributed by atoms with van der Waals surface area (Å²) in [6, 6.07) is 14.0. The van der Waals surface area contributed by atoms with Crippen LogP contribution in [0.3, 0.4) is 0 Å². The molecule has 0 aliphatic heterocycles. The Morgan fingerprint density at radius 1 is 1.08 bits per heavy atom. The average molecular weight is 380 g/mol. The van der Waals surface area contributed by atoms with Crippen molar-refractivity contribution in [2.75, 3.05) is 5.32 Å². The van der Waals surface area contributed by atoms with E-state index in [2.05, 4.69) is 5.32 Å². The summed E-state index contributed by atoms with van der Waals surface area (Å²) < 4.78 is 5.35. The van der Waals surface area contributed by atoms with Crippen molar-refractivity contribution in [3.05, 3.63) is 64.1 Å². The van der Waals surface area contributed by atoms with E-state index < -0.39 is 23.4 Å². The number of nitrogens with one attached hydrogen (secondary N) is 1. The van der Waals surface area contributed by atoms with Gasteiger partial charge in [0.2, 0.25) is 0 Å². The maximum atomic E-state index is 12.5. The van der Waals surface area contributed by atoms with E-state index in [0.717, 1.165) is 5.56 Å². The number of rotatable bonds is 5. The molecule has 0 saturated heterocycles. The van der Waals surface area contributed by atoms with Crippen LogP contribution in [0.1, 0.15) is 26.3 Å². The van der Waals surface area contributed by atoms with Gasteiger partial charge in [0.15, 0.2) is 6.10 Å². The Morgan fingerprint density at radius 3 is 2.32 bits per heavy atom. The number of esters is 1. The summed E-state index contributed by atoms with van der Waals surface area (Å²) >= 11 is 11.9. The maximum absolute atomic E-state index is 12.5. The van der Waals surface area contributed by atoms with Gasteiger partial charge in [-0.05, 0) is 44.5 Å². The molecule has 0 fully saturated rings. The van der Waals surface area contributed by atoms with Gasteiger partial charge in [0.25, 0.3) is 5.91 Å². The Hall–Kier alpha value is -2.04. The van der Waals surface area contributed by atoms with E-state index in [1.807, 2.05) is 30.3 Å². The molecule has 1 N–H and O–H groups in total. The van der Waals surface area contributed by atoms with Crippen LogP contribution in [0.2, 0.25) is 10.0 Å². The van der Waals surface area contributed by atoms with Gasteiger partial charge >= 0.3 is 5.97 Å². The first-order chi connectivity index (χ1) is 11.7. The lowest BCUT2D eigenvalue weighted by molar-refractivity contribution is -0.158. The second-order valence-electron chi connectivity index (χ2n) is 6.15. The molecule has 0 saturated carbocycles. The molecular formula is C19H19Cl2NO3. The highest BCUT2D eigenvalue weighted by molar-refractivity contribution is 6.36. The van der Waals surface area contributed by atoms with Crippen molar-refractivity contribution in [1.29, 1.82) is 0 Å².